The van der Waals surface area contributed by atoms with Crippen molar-refractivity contribution in [3.05, 3.63) is 35.5 Å². The number of rotatable bonds is 4. The average Bonchev–Trinajstić information content (AvgIpc) is 2.79. The number of aryl methyl sites for hydroxylation is 1. The van der Waals surface area contributed by atoms with Gasteiger partial charge in [0.25, 0.3) is 0 Å². The molecule has 0 atom stereocenters. The highest BCUT2D eigenvalue weighted by molar-refractivity contribution is 5.96. The van der Waals surface area contributed by atoms with E-state index in [1.807, 2.05) is 24.3 Å². The summed E-state index contributed by atoms with van der Waals surface area (Å²) < 4.78 is 9.87. The summed E-state index contributed by atoms with van der Waals surface area (Å²) in [4.78, 5) is 11.7. The van der Waals surface area contributed by atoms with E-state index >= 15 is 0 Å². The molecule has 1 aromatic carbocycles. The van der Waals surface area contributed by atoms with Crippen LogP contribution in [0.4, 0.5) is 11.5 Å². The van der Waals surface area contributed by atoms with Gasteiger partial charge in [-0.25, -0.2) is 4.79 Å². The smallest absolute Gasteiger partial charge is 0.343 e. The first kappa shape index (κ1) is 12.9. The van der Waals surface area contributed by atoms with Gasteiger partial charge >= 0.3 is 5.97 Å². The zero-order valence-electron chi connectivity index (χ0n) is 11.0. The van der Waals surface area contributed by atoms with Gasteiger partial charge < -0.3 is 14.8 Å². The van der Waals surface area contributed by atoms with Crippen LogP contribution in [0.5, 0.6) is 5.75 Å². The van der Waals surface area contributed by atoms with Crippen molar-refractivity contribution < 1.29 is 14.3 Å². The number of nitrogens with zero attached hydrogens (tertiary/aromatic N) is 1. The van der Waals surface area contributed by atoms with E-state index in [-0.39, 0.29) is 0 Å². The zero-order chi connectivity index (χ0) is 13.8. The highest BCUT2D eigenvalue weighted by Gasteiger charge is 2.18. The average molecular weight is 261 g/mol. The number of H-pyrrole nitrogens is 1. The molecule has 0 amide bonds. The number of methoxy groups -OCH3 is 2. The van der Waals surface area contributed by atoms with Crippen LogP contribution in [0.25, 0.3) is 0 Å². The summed E-state index contributed by atoms with van der Waals surface area (Å²) in [5.74, 6) is 0.714. The van der Waals surface area contributed by atoms with Crippen LogP contribution in [-0.4, -0.2) is 30.4 Å². The van der Waals surface area contributed by atoms with Crippen LogP contribution < -0.4 is 10.1 Å². The number of carbonyl (C=O) groups excluding carboxylic acids is 1. The monoisotopic (exact) mass is 261 g/mol. The summed E-state index contributed by atoms with van der Waals surface area (Å²) in [7, 11) is 2.93. The minimum Gasteiger partial charge on any atom is -0.497 e. The minimum absolute atomic E-state index is 0.394. The molecule has 0 fully saturated rings. The number of ether oxygens (including phenoxy) is 2. The first-order valence-corrected chi connectivity index (χ1v) is 5.70. The molecule has 0 radical (unpaired) electrons. The summed E-state index contributed by atoms with van der Waals surface area (Å²) in [6.45, 7) is 1.76. The predicted octanol–water partition coefficient (Wildman–Crippen LogP) is 2.26. The molecule has 0 bridgehead atoms. The van der Waals surface area contributed by atoms with Crippen molar-refractivity contribution in [1.29, 1.82) is 0 Å². The fraction of sp³-hybridized carbons (Fsp3) is 0.231. The lowest BCUT2D eigenvalue weighted by atomic mass is 10.2. The molecule has 0 spiro atoms. The maximum atomic E-state index is 11.7. The number of carbonyl (C=O) groups is 1. The lowest BCUT2D eigenvalue weighted by Crippen LogP contribution is -2.05. The Bertz CT molecular complexity index is 593. The number of hydrogen-bond acceptors (Lipinski definition) is 5. The third-order valence-corrected chi connectivity index (χ3v) is 2.67. The summed E-state index contributed by atoms with van der Waals surface area (Å²) in [6.07, 6.45) is 0. The molecule has 6 heteroatoms. The Morgan fingerprint density at radius 3 is 2.84 bits per heavy atom. The Hall–Kier alpha value is -2.50. The van der Waals surface area contributed by atoms with Gasteiger partial charge in [-0.05, 0) is 19.1 Å². The number of benzene rings is 1. The third-order valence-electron chi connectivity index (χ3n) is 2.67. The Morgan fingerprint density at radius 2 is 2.16 bits per heavy atom. The van der Waals surface area contributed by atoms with Crippen molar-refractivity contribution in [1.82, 2.24) is 10.2 Å². The van der Waals surface area contributed by atoms with E-state index < -0.39 is 5.97 Å². The van der Waals surface area contributed by atoms with Crippen LogP contribution in [0.2, 0.25) is 0 Å². The van der Waals surface area contributed by atoms with E-state index in [4.69, 9.17) is 9.47 Å². The molecular weight excluding hydrogens is 246 g/mol. The van der Waals surface area contributed by atoms with E-state index in [2.05, 4.69) is 15.5 Å². The van der Waals surface area contributed by atoms with Crippen LogP contribution in [0.15, 0.2) is 24.3 Å². The van der Waals surface area contributed by atoms with E-state index in [0.29, 0.717) is 17.1 Å². The summed E-state index contributed by atoms with van der Waals surface area (Å²) in [5.41, 5.74) is 1.82. The molecule has 2 aromatic rings. The van der Waals surface area contributed by atoms with Crippen molar-refractivity contribution >= 4 is 17.5 Å². The molecule has 100 valence electrons. The van der Waals surface area contributed by atoms with E-state index in [0.717, 1.165) is 11.4 Å². The highest BCUT2D eigenvalue weighted by Crippen LogP contribution is 2.24. The molecule has 19 heavy (non-hydrogen) atoms. The first-order valence-electron chi connectivity index (χ1n) is 5.70. The Balaban J connectivity index is 2.30. The van der Waals surface area contributed by atoms with Gasteiger partial charge in [0.15, 0.2) is 5.82 Å². The molecule has 0 unspecified atom stereocenters. The second-order valence-electron chi connectivity index (χ2n) is 3.92. The van der Waals surface area contributed by atoms with Crippen molar-refractivity contribution in [2.75, 3.05) is 19.5 Å². The second-order valence-corrected chi connectivity index (χ2v) is 3.92. The summed E-state index contributed by atoms with van der Waals surface area (Å²) in [5, 5.41) is 9.87. The number of aromatic nitrogens is 2. The van der Waals surface area contributed by atoms with Crippen molar-refractivity contribution in [2.45, 2.75) is 6.92 Å². The molecule has 6 nitrogen and oxygen atoms in total. The quantitative estimate of drug-likeness (QED) is 0.825. The topological polar surface area (TPSA) is 76.2 Å². The van der Waals surface area contributed by atoms with Crippen LogP contribution in [-0.2, 0) is 4.74 Å². The van der Waals surface area contributed by atoms with E-state index in [1.54, 1.807) is 14.0 Å². The van der Waals surface area contributed by atoms with Crippen LogP contribution >= 0.6 is 0 Å². The number of nitrogens with one attached hydrogen (secondary N) is 2. The molecule has 2 N–H and O–H groups in total. The molecule has 2 rings (SSSR count). The maximum Gasteiger partial charge on any atom is 0.343 e. The van der Waals surface area contributed by atoms with Crippen LogP contribution in [0.1, 0.15) is 16.1 Å². The molecule has 1 aromatic heterocycles. The van der Waals surface area contributed by atoms with Gasteiger partial charge in [-0.2, -0.15) is 5.10 Å². The van der Waals surface area contributed by atoms with Gasteiger partial charge in [-0.1, -0.05) is 6.07 Å². The molecule has 1 heterocycles. The van der Waals surface area contributed by atoms with Crippen molar-refractivity contribution in [3.63, 3.8) is 0 Å². The normalized spacial score (nSPS) is 10.1. The molecule has 0 aliphatic heterocycles. The van der Waals surface area contributed by atoms with Gasteiger partial charge in [-0.15, -0.1) is 0 Å². The lowest BCUT2D eigenvalue weighted by Gasteiger charge is -2.07. The fourth-order valence-corrected chi connectivity index (χ4v) is 1.71. The molecule has 0 saturated carbocycles. The standard InChI is InChI=1S/C13H15N3O3/c1-8-11(13(17)19-3)12(16-15-8)14-9-5-4-6-10(7-9)18-2/h4-7H,1-3H3,(H2,14,15,16). The highest BCUT2D eigenvalue weighted by atomic mass is 16.5. The first-order chi connectivity index (χ1) is 9.15. The Kier molecular flexibility index (Phi) is 3.70. The number of anilines is 2. The Morgan fingerprint density at radius 1 is 1.37 bits per heavy atom. The minimum atomic E-state index is -0.434. The zero-order valence-corrected chi connectivity index (χ0v) is 11.0. The molecule has 0 saturated heterocycles. The van der Waals surface area contributed by atoms with Gasteiger partial charge in [0.1, 0.15) is 11.3 Å². The molecule has 0 aliphatic carbocycles. The van der Waals surface area contributed by atoms with Crippen LogP contribution in [0, 0.1) is 6.92 Å². The SMILES string of the molecule is COC(=O)c1c(Nc2cccc(OC)c2)n[nH]c1C. The summed E-state index contributed by atoms with van der Waals surface area (Å²) in [6, 6.07) is 7.35. The van der Waals surface area contributed by atoms with Crippen molar-refractivity contribution in [3.8, 4) is 5.75 Å². The van der Waals surface area contributed by atoms with Gasteiger partial charge in [-0.3, -0.25) is 5.10 Å². The number of esters is 1. The molecule has 0 aliphatic rings. The van der Waals surface area contributed by atoms with E-state index in [1.165, 1.54) is 7.11 Å². The summed E-state index contributed by atoms with van der Waals surface area (Å²) >= 11 is 0. The van der Waals surface area contributed by atoms with Gasteiger partial charge in [0, 0.05) is 17.4 Å². The Labute approximate surface area is 110 Å². The molecular formula is C13H15N3O3. The lowest BCUT2D eigenvalue weighted by molar-refractivity contribution is 0.0601. The third kappa shape index (κ3) is 2.67. The number of aromatic amines is 1. The fourth-order valence-electron chi connectivity index (χ4n) is 1.71. The predicted molar refractivity (Wildman–Crippen MR) is 70.9 cm³/mol. The van der Waals surface area contributed by atoms with Crippen molar-refractivity contribution in [2.24, 2.45) is 0 Å². The van der Waals surface area contributed by atoms with E-state index in [9.17, 15) is 4.79 Å². The largest absolute Gasteiger partial charge is 0.497 e. The second kappa shape index (κ2) is 5.43. The van der Waals surface area contributed by atoms with Gasteiger partial charge in [0.05, 0.1) is 14.2 Å². The number of hydrogen-bond donors (Lipinski definition) is 2. The van der Waals surface area contributed by atoms with Crippen LogP contribution in [0.3, 0.4) is 0 Å². The maximum absolute atomic E-state index is 11.7. The van der Waals surface area contributed by atoms with Gasteiger partial charge in [0.2, 0.25) is 0 Å².